The van der Waals surface area contributed by atoms with Gasteiger partial charge in [-0.05, 0) is 44.0 Å². The molecule has 1 aliphatic rings. The fraction of sp³-hybridized carbons (Fsp3) is 0.500. The van der Waals surface area contributed by atoms with Crippen LogP contribution in [0.25, 0.3) is 0 Å². The maximum absolute atomic E-state index is 12.0. The van der Waals surface area contributed by atoms with Crippen molar-refractivity contribution >= 4 is 21.8 Å². The van der Waals surface area contributed by atoms with Crippen LogP contribution in [0.2, 0.25) is 0 Å². The van der Waals surface area contributed by atoms with E-state index in [1.807, 2.05) is 24.3 Å². The van der Waals surface area contributed by atoms with Gasteiger partial charge in [-0.3, -0.25) is 4.79 Å². The SMILES string of the molecule is CC1CC(NC(=O)Cc2cccc(Br)c2)CCN1. The average Bonchev–Trinajstić information content (AvgIpc) is 2.28. The largest absolute Gasteiger partial charge is 0.353 e. The molecule has 0 spiro atoms. The third kappa shape index (κ3) is 4.10. The molecule has 3 nitrogen and oxygen atoms in total. The Morgan fingerprint density at radius 1 is 1.56 bits per heavy atom. The van der Waals surface area contributed by atoms with Gasteiger partial charge in [0.2, 0.25) is 5.91 Å². The van der Waals surface area contributed by atoms with Gasteiger partial charge >= 0.3 is 0 Å². The van der Waals surface area contributed by atoms with Gasteiger partial charge in [-0.1, -0.05) is 28.1 Å². The van der Waals surface area contributed by atoms with E-state index in [1.165, 1.54) is 0 Å². The van der Waals surface area contributed by atoms with E-state index in [1.54, 1.807) is 0 Å². The van der Waals surface area contributed by atoms with Crippen LogP contribution in [0.3, 0.4) is 0 Å². The summed E-state index contributed by atoms with van der Waals surface area (Å²) in [7, 11) is 0. The number of halogens is 1. The number of hydrogen-bond donors (Lipinski definition) is 2. The topological polar surface area (TPSA) is 41.1 Å². The van der Waals surface area contributed by atoms with Crippen LogP contribution in [0.4, 0.5) is 0 Å². The Bertz CT molecular complexity index is 422. The maximum atomic E-state index is 12.0. The second kappa shape index (κ2) is 6.34. The molecule has 4 heteroatoms. The molecular formula is C14H19BrN2O. The van der Waals surface area contributed by atoms with Crippen molar-refractivity contribution in [3.8, 4) is 0 Å². The first kappa shape index (κ1) is 13.6. The highest BCUT2D eigenvalue weighted by Gasteiger charge is 2.19. The summed E-state index contributed by atoms with van der Waals surface area (Å²) >= 11 is 3.42. The van der Waals surface area contributed by atoms with Gasteiger partial charge in [0.1, 0.15) is 0 Å². The van der Waals surface area contributed by atoms with Crippen LogP contribution in [0.5, 0.6) is 0 Å². The zero-order valence-corrected chi connectivity index (χ0v) is 12.2. The number of hydrogen-bond acceptors (Lipinski definition) is 2. The van der Waals surface area contributed by atoms with E-state index in [-0.39, 0.29) is 5.91 Å². The Morgan fingerprint density at radius 3 is 3.11 bits per heavy atom. The van der Waals surface area contributed by atoms with Gasteiger partial charge in [-0.25, -0.2) is 0 Å². The van der Waals surface area contributed by atoms with Crippen LogP contribution in [-0.4, -0.2) is 24.5 Å². The Kier molecular flexibility index (Phi) is 4.78. The summed E-state index contributed by atoms with van der Waals surface area (Å²) in [5, 5.41) is 6.51. The van der Waals surface area contributed by atoms with Crippen molar-refractivity contribution in [2.75, 3.05) is 6.54 Å². The first-order valence-corrected chi connectivity index (χ1v) is 7.20. The minimum Gasteiger partial charge on any atom is -0.353 e. The van der Waals surface area contributed by atoms with Crippen LogP contribution < -0.4 is 10.6 Å². The van der Waals surface area contributed by atoms with E-state index in [4.69, 9.17) is 0 Å². The van der Waals surface area contributed by atoms with E-state index < -0.39 is 0 Å². The third-order valence-corrected chi connectivity index (χ3v) is 3.74. The summed E-state index contributed by atoms with van der Waals surface area (Å²) in [5.74, 6) is 0.118. The van der Waals surface area contributed by atoms with Gasteiger partial charge in [-0.2, -0.15) is 0 Å². The molecule has 0 radical (unpaired) electrons. The Balaban J connectivity index is 1.85. The minimum atomic E-state index is 0.118. The fourth-order valence-corrected chi connectivity index (χ4v) is 2.82. The third-order valence-electron chi connectivity index (χ3n) is 3.24. The summed E-state index contributed by atoms with van der Waals surface area (Å²) in [5.41, 5.74) is 1.05. The molecule has 1 aromatic rings. The Labute approximate surface area is 116 Å². The van der Waals surface area contributed by atoms with Gasteiger partial charge in [0, 0.05) is 16.6 Å². The van der Waals surface area contributed by atoms with Crippen LogP contribution in [-0.2, 0) is 11.2 Å². The van der Waals surface area contributed by atoms with Crippen molar-refractivity contribution < 1.29 is 4.79 Å². The van der Waals surface area contributed by atoms with Crippen LogP contribution >= 0.6 is 15.9 Å². The molecule has 0 aliphatic carbocycles. The maximum Gasteiger partial charge on any atom is 0.224 e. The fourth-order valence-electron chi connectivity index (χ4n) is 2.37. The highest BCUT2D eigenvalue weighted by Crippen LogP contribution is 2.13. The molecule has 1 amide bonds. The van der Waals surface area contributed by atoms with Gasteiger partial charge in [-0.15, -0.1) is 0 Å². The number of nitrogens with one attached hydrogen (secondary N) is 2. The summed E-state index contributed by atoms with van der Waals surface area (Å²) in [6.07, 6.45) is 2.50. The molecule has 2 N–H and O–H groups in total. The molecule has 98 valence electrons. The molecule has 18 heavy (non-hydrogen) atoms. The first-order valence-electron chi connectivity index (χ1n) is 6.40. The number of carbonyl (C=O) groups excluding carboxylic acids is 1. The van der Waals surface area contributed by atoms with Crippen LogP contribution in [0, 0.1) is 0 Å². The smallest absolute Gasteiger partial charge is 0.224 e. The number of carbonyl (C=O) groups is 1. The van der Waals surface area contributed by atoms with E-state index in [9.17, 15) is 4.79 Å². The first-order chi connectivity index (χ1) is 8.63. The van der Waals surface area contributed by atoms with Gasteiger partial charge in [0.05, 0.1) is 6.42 Å². The number of benzene rings is 1. The Hall–Kier alpha value is -0.870. The second-order valence-electron chi connectivity index (χ2n) is 4.95. The van der Waals surface area contributed by atoms with Crippen molar-refractivity contribution in [3.05, 3.63) is 34.3 Å². The molecule has 2 rings (SSSR count). The molecule has 1 aromatic carbocycles. The number of rotatable bonds is 3. The van der Waals surface area contributed by atoms with Gasteiger partial charge in [0.25, 0.3) is 0 Å². The number of piperidine rings is 1. The lowest BCUT2D eigenvalue weighted by Crippen LogP contribution is -2.46. The van der Waals surface area contributed by atoms with Crippen molar-refractivity contribution in [2.24, 2.45) is 0 Å². The van der Waals surface area contributed by atoms with E-state index >= 15 is 0 Å². The van der Waals surface area contributed by atoms with Crippen LogP contribution in [0.1, 0.15) is 25.3 Å². The lowest BCUT2D eigenvalue weighted by molar-refractivity contribution is -0.121. The van der Waals surface area contributed by atoms with Crippen molar-refractivity contribution in [1.29, 1.82) is 0 Å². The van der Waals surface area contributed by atoms with Crippen LogP contribution in [0.15, 0.2) is 28.7 Å². The van der Waals surface area contributed by atoms with E-state index in [0.29, 0.717) is 18.5 Å². The summed E-state index contributed by atoms with van der Waals surface area (Å²) in [6, 6.07) is 8.71. The minimum absolute atomic E-state index is 0.118. The molecule has 2 atom stereocenters. The number of amides is 1. The quantitative estimate of drug-likeness (QED) is 0.899. The van der Waals surface area contributed by atoms with E-state index in [0.717, 1.165) is 29.4 Å². The monoisotopic (exact) mass is 310 g/mol. The zero-order chi connectivity index (χ0) is 13.0. The molecule has 2 unspecified atom stereocenters. The van der Waals surface area contributed by atoms with Crippen molar-refractivity contribution in [3.63, 3.8) is 0 Å². The lowest BCUT2D eigenvalue weighted by Gasteiger charge is -2.28. The highest BCUT2D eigenvalue weighted by molar-refractivity contribution is 9.10. The molecule has 1 heterocycles. The van der Waals surface area contributed by atoms with Gasteiger partial charge < -0.3 is 10.6 Å². The van der Waals surface area contributed by atoms with Crippen molar-refractivity contribution in [1.82, 2.24) is 10.6 Å². The second-order valence-corrected chi connectivity index (χ2v) is 5.87. The predicted molar refractivity (Wildman–Crippen MR) is 76.5 cm³/mol. The lowest BCUT2D eigenvalue weighted by atomic mass is 10.0. The van der Waals surface area contributed by atoms with Gasteiger partial charge in [0.15, 0.2) is 0 Å². The van der Waals surface area contributed by atoms with E-state index in [2.05, 4.69) is 33.5 Å². The molecule has 1 fully saturated rings. The molecule has 0 bridgehead atoms. The molecular weight excluding hydrogens is 292 g/mol. The summed E-state index contributed by atoms with van der Waals surface area (Å²) in [6.45, 7) is 3.15. The predicted octanol–water partition coefficient (Wildman–Crippen LogP) is 2.25. The zero-order valence-electron chi connectivity index (χ0n) is 10.6. The highest BCUT2D eigenvalue weighted by atomic mass is 79.9. The normalized spacial score (nSPS) is 23.7. The molecule has 1 aliphatic heterocycles. The molecule has 0 saturated carbocycles. The Morgan fingerprint density at radius 2 is 2.39 bits per heavy atom. The summed E-state index contributed by atoms with van der Waals surface area (Å²) < 4.78 is 1.02. The van der Waals surface area contributed by atoms with Crippen molar-refractivity contribution in [2.45, 2.75) is 38.3 Å². The summed E-state index contributed by atoms with van der Waals surface area (Å²) in [4.78, 5) is 12.0. The standard InChI is InChI=1S/C14H19BrN2O/c1-10-7-13(5-6-16-10)17-14(18)9-11-3-2-4-12(15)8-11/h2-4,8,10,13,16H,5-7,9H2,1H3,(H,17,18). The molecule has 1 saturated heterocycles. The molecule has 0 aromatic heterocycles. The average molecular weight is 311 g/mol.